The van der Waals surface area contributed by atoms with E-state index >= 15 is 0 Å². The summed E-state index contributed by atoms with van der Waals surface area (Å²) in [6.45, 7) is 5.57. The Bertz CT molecular complexity index is 1220. The lowest BCUT2D eigenvalue weighted by molar-refractivity contribution is 0.248. The van der Waals surface area contributed by atoms with Crippen LogP contribution in [-0.2, 0) is 0 Å². The molecule has 2 aromatic heterocycles. The van der Waals surface area contributed by atoms with E-state index in [1.165, 1.54) is 0 Å². The summed E-state index contributed by atoms with van der Waals surface area (Å²) in [7, 11) is 1.54. The van der Waals surface area contributed by atoms with E-state index < -0.39 is 0 Å². The number of rotatable bonds is 8. The maximum absolute atomic E-state index is 12.3. The van der Waals surface area contributed by atoms with Gasteiger partial charge < -0.3 is 35.6 Å². The lowest BCUT2D eigenvalue weighted by Crippen LogP contribution is -2.43. The lowest BCUT2D eigenvalue weighted by Gasteiger charge is -2.26. The SMILES string of the molecule is COc1cc(NC(=O)NC2CCCC2)ccc1Oc1nc(C)cc(Nc2cc(N3CCNCC3)n[nH]2)n1. The van der Waals surface area contributed by atoms with Crippen LogP contribution in [-0.4, -0.2) is 65.5 Å². The average molecular weight is 508 g/mol. The van der Waals surface area contributed by atoms with Crippen LogP contribution in [0.15, 0.2) is 30.3 Å². The quantitative estimate of drug-likeness (QED) is 0.310. The van der Waals surface area contributed by atoms with Gasteiger partial charge >= 0.3 is 12.0 Å². The normalized spacial score (nSPS) is 15.9. The van der Waals surface area contributed by atoms with Crippen LogP contribution in [0.5, 0.6) is 17.5 Å². The smallest absolute Gasteiger partial charge is 0.324 e. The van der Waals surface area contributed by atoms with E-state index in [9.17, 15) is 4.79 Å². The van der Waals surface area contributed by atoms with Gasteiger partial charge in [0.05, 0.1) is 7.11 Å². The number of piperazine rings is 1. The van der Waals surface area contributed by atoms with Crippen LogP contribution in [0.1, 0.15) is 31.4 Å². The first-order valence-corrected chi connectivity index (χ1v) is 12.6. The molecular weight excluding hydrogens is 474 g/mol. The average Bonchev–Trinajstić information content (AvgIpc) is 3.57. The number of aromatic amines is 1. The van der Waals surface area contributed by atoms with Gasteiger partial charge in [0.2, 0.25) is 0 Å². The fraction of sp³-hybridized carbons (Fsp3) is 0.440. The molecule has 0 radical (unpaired) electrons. The number of H-pyrrole nitrogens is 1. The summed E-state index contributed by atoms with van der Waals surface area (Å²) >= 11 is 0. The van der Waals surface area contributed by atoms with Gasteiger partial charge in [-0.05, 0) is 31.9 Å². The molecule has 3 aromatic rings. The molecule has 1 aliphatic carbocycles. The predicted octanol–water partition coefficient (Wildman–Crippen LogP) is 3.53. The van der Waals surface area contributed by atoms with Crippen LogP contribution in [0.25, 0.3) is 0 Å². The third-order valence-corrected chi connectivity index (χ3v) is 6.41. The Morgan fingerprint density at radius 1 is 1.08 bits per heavy atom. The summed E-state index contributed by atoms with van der Waals surface area (Å²) in [6, 6.07) is 9.15. The first-order valence-electron chi connectivity index (χ1n) is 12.6. The molecule has 0 spiro atoms. The van der Waals surface area contributed by atoms with E-state index in [2.05, 4.69) is 46.3 Å². The molecule has 2 amide bonds. The predicted molar refractivity (Wildman–Crippen MR) is 141 cm³/mol. The van der Waals surface area contributed by atoms with E-state index in [0.29, 0.717) is 23.0 Å². The Kier molecular flexibility index (Phi) is 7.54. The maximum atomic E-state index is 12.3. The molecular formula is C25H33N9O3. The van der Waals surface area contributed by atoms with Crippen molar-refractivity contribution in [1.29, 1.82) is 0 Å². The van der Waals surface area contributed by atoms with Crippen molar-refractivity contribution in [3.8, 4) is 17.5 Å². The fourth-order valence-electron chi connectivity index (χ4n) is 4.57. The van der Waals surface area contributed by atoms with E-state index in [4.69, 9.17) is 9.47 Å². The molecule has 3 heterocycles. The van der Waals surface area contributed by atoms with E-state index in [1.807, 2.05) is 19.1 Å². The van der Waals surface area contributed by atoms with Crippen molar-refractivity contribution < 1.29 is 14.3 Å². The minimum atomic E-state index is -0.223. The molecule has 0 unspecified atom stereocenters. The molecule has 0 atom stereocenters. The van der Waals surface area contributed by atoms with Gasteiger partial charge in [-0.25, -0.2) is 9.78 Å². The van der Waals surface area contributed by atoms with E-state index in [0.717, 1.165) is 69.2 Å². The minimum Gasteiger partial charge on any atom is -0.493 e. The molecule has 12 nitrogen and oxygen atoms in total. The first kappa shape index (κ1) is 24.6. The first-order chi connectivity index (χ1) is 18.1. The van der Waals surface area contributed by atoms with Gasteiger partial charge in [0.15, 0.2) is 17.3 Å². The van der Waals surface area contributed by atoms with Crippen LogP contribution < -0.4 is 35.6 Å². The second kappa shape index (κ2) is 11.3. The highest BCUT2D eigenvalue weighted by molar-refractivity contribution is 5.89. The number of hydrogen-bond acceptors (Lipinski definition) is 9. The number of carbonyl (C=O) groups excluding carboxylic acids is 1. The standard InChI is InChI=1S/C25H33N9O3/c1-16-13-21(30-22-15-23(33-32-22)34-11-9-26-10-12-34)31-25(27-16)37-19-8-7-18(14-20(19)36-2)29-24(35)28-17-5-3-4-6-17/h7-8,13-15,17,26H,3-6,9-12H2,1-2H3,(H2,28,29,35)(H2,27,30,31,32,33). The van der Waals surface area contributed by atoms with Crippen molar-refractivity contribution in [2.24, 2.45) is 0 Å². The van der Waals surface area contributed by atoms with Crippen LogP contribution in [0.4, 0.5) is 27.9 Å². The van der Waals surface area contributed by atoms with Gasteiger partial charge in [-0.2, -0.15) is 10.1 Å². The lowest BCUT2D eigenvalue weighted by atomic mass is 10.2. The zero-order valence-electron chi connectivity index (χ0n) is 21.1. The number of nitrogens with one attached hydrogen (secondary N) is 5. The highest BCUT2D eigenvalue weighted by Gasteiger charge is 2.18. The van der Waals surface area contributed by atoms with Crippen molar-refractivity contribution in [2.45, 2.75) is 38.6 Å². The summed E-state index contributed by atoms with van der Waals surface area (Å²) < 4.78 is 11.5. The number of hydrogen-bond donors (Lipinski definition) is 5. The molecule has 5 N–H and O–H groups in total. The third-order valence-electron chi connectivity index (χ3n) is 6.41. The van der Waals surface area contributed by atoms with Crippen molar-refractivity contribution in [2.75, 3.05) is 48.8 Å². The molecule has 1 aliphatic heterocycles. The summed E-state index contributed by atoms with van der Waals surface area (Å²) in [5.41, 5.74) is 1.34. The molecule has 2 fully saturated rings. The second-order valence-electron chi connectivity index (χ2n) is 9.23. The summed E-state index contributed by atoms with van der Waals surface area (Å²) in [4.78, 5) is 23.5. The monoisotopic (exact) mass is 507 g/mol. The Hall–Kier alpha value is -4.06. The van der Waals surface area contributed by atoms with Gasteiger partial charge in [-0.3, -0.25) is 5.10 Å². The van der Waals surface area contributed by atoms with Gasteiger partial charge in [0, 0.05) is 61.8 Å². The van der Waals surface area contributed by atoms with Crippen molar-refractivity contribution in [3.05, 3.63) is 36.0 Å². The number of aromatic nitrogens is 4. The summed E-state index contributed by atoms with van der Waals surface area (Å²) in [6.07, 6.45) is 4.36. The topological polar surface area (TPSA) is 141 Å². The van der Waals surface area contributed by atoms with Crippen molar-refractivity contribution in [3.63, 3.8) is 0 Å². The number of methoxy groups -OCH3 is 1. The zero-order valence-corrected chi connectivity index (χ0v) is 21.1. The van der Waals surface area contributed by atoms with Crippen molar-refractivity contribution >= 4 is 29.2 Å². The van der Waals surface area contributed by atoms with Crippen LogP contribution in [0, 0.1) is 6.92 Å². The number of aryl methyl sites for hydroxylation is 1. The number of ether oxygens (including phenoxy) is 2. The molecule has 1 saturated heterocycles. The maximum Gasteiger partial charge on any atom is 0.324 e. The largest absolute Gasteiger partial charge is 0.493 e. The molecule has 1 aromatic carbocycles. The molecule has 196 valence electrons. The summed E-state index contributed by atoms with van der Waals surface area (Å²) in [5, 5.41) is 19.9. The van der Waals surface area contributed by atoms with Crippen LogP contribution in [0.2, 0.25) is 0 Å². The number of nitrogens with zero attached hydrogens (tertiary/aromatic N) is 4. The van der Waals surface area contributed by atoms with Crippen LogP contribution in [0.3, 0.4) is 0 Å². The number of benzene rings is 1. The molecule has 37 heavy (non-hydrogen) atoms. The van der Waals surface area contributed by atoms with E-state index in [1.54, 1.807) is 25.3 Å². The highest BCUT2D eigenvalue weighted by Crippen LogP contribution is 2.33. The van der Waals surface area contributed by atoms with Crippen molar-refractivity contribution in [1.82, 2.24) is 30.8 Å². The molecule has 5 rings (SSSR count). The highest BCUT2D eigenvalue weighted by atomic mass is 16.5. The van der Waals surface area contributed by atoms with Gasteiger partial charge in [-0.1, -0.05) is 12.8 Å². The van der Waals surface area contributed by atoms with Gasteiger partial charge in [0.1, 0.15) is 11.6 Å². The Morgan fingerprint density at radius 3 is 2.68 bits per heavy atom. The number of urea groups is 1. The number of amides is 2. The number of carbonyl (C=O) groups is 1. The Labute approximate surface area is 215 Å². The van der Waals surface area contributed by atoms with Crippen LogP contribution >= 0.6 is 0 Å². The second-order valence-corrected chi connectivity index (χ2v) is 9.23. The van der Waals surface area contributed by atoms with Gasteiger partial charge in [-0.15, -0.1) is 0 Å². The summed E-state index contributed by atoms with van der Waals surface area (Å²) in [5.74, 6) is 3.07. The molecule has 1 saturated carbocycles. The number of anilines is 4. The zero-order chi connectivity index (χ0) is 25.6. The van der Waals surface area contributed by atoms with E-state index in [-0.39, 0.29) is 18.1 Å². The fourth-order valence-corrected chi connectivity index (χ4v) is 4.57. The minimum absolute atomic E-state index is 0.169. The molecule has 12 heteroatoms. The third kappa shape index (κ3) is 6.39. The Morgan fingerprint density at radius 2 is 1.89 bits per heavy atom. The Balaban J connectivity index is 1.25. The molecule has 2 aliphatic rings. The molecule has 0 bridgehead atoms. The van der Waals surface area contributed by atoms with Gasteiger partial charge in [0.25, 0.3) is 0 Å².